The second-order valence-electron chi connectivity index (χ2n) is 6.73. The Morgan fingerprint density at radius 1 is 0.903 bits per heavy atom. The summed E-state index contributed by atoms with van der Waals surface area (Å²) in [5.41, 5.74) is 2.39. The Morgan fingerprint density at radius 2 is 1.58 bits per heavy atom. The second kappa shape index (κ2) is 10.8. The minimum atomic E-state index is -0.639. The van der Waals surface area contributed by atoms with Gasteiger partial charge in [0.15, 0.2) is 12.4 Å². The molecule has 0 atom stereocenters. The zero-order chi connectivity index (χ0) is 22.1. The van der Waals surface area contributed by atoms with Crippen molar-refractivity contribution in [3.63, 3.8) is 0 Å². The number of aryl methyl sites for hydroxylation is 1. The van der Waals surface area contributed by atoms with Crippen molar-refractivity contribution in [2.24, 2.45) is 0 Å². The van der Waals surface area contributed by atoms with Crippen molar-refractivity contribution in [1.82, 2.24) is 0 Å². The number of ether oxygens (including phenoxy) is 2. The molecule has 3 aromatic rings. The molecule has 0 aliphatic carbocycles. The molecule has 0 aromatic heterocycles. The number of carbonyl (C=O) groups excluding carboxylic acids is 2. The Kier molecular flexibility index (Phi) is 7.61. The lowest BCUT2D eigenvalue weighted by Crippen LogP contribution is -2.21. The molecule has 0 spiro atoms. The van der Waals surface area contributed by atoms with Gasteiger partial charge in [-0.2, -0.15) is 0 Å². The fourth-order valence-corrected chi connectivity index (χ4v) is 2.79. The Morgan fingerprint density at radius 3 is 2.32 bits per heavy atom. The zero-order valence-electron chi connectivity index (χ0n) is 17.1. The van der Waals surface area contributed by atoms with Gasteiger partial charge in [-0.25, -0.2) is 4.79 Å². The average Bonchev–Trinajstić information content (AvgIpc) is 2.79. The molecule has 31 heavy (non-hydrogen) atoms. The SMILES string of the molecule is Cc1ccc(Oc2ccccc2NC(=O)COC(=O)c2ccccc2NCCO)cc1. The van der Waals surface area contributed by atoms with E-state index in [1.54, 1.807) is 48.5 Å². The van der Waals surface area contributed by atoms with E-state index in [1.165, 1.54) is 0 Å². The van der Waals surface area contributed by atoms with Gasteiger partial charge in [0.25, 0.3) is 5.91 Å². The van der Waals surface area contributed by atoms with E-state index in [1.807, 2.05) is 31.2 Å². The van der Waals surface area contributed by atoms with Gasteiger partial charge < -0.3 is 25.2 Å². The number of para-hydroxylation sites is 3. The van der Waals surface area contributed by atoms with Crippen LogP contribution in [-0.2, 0) is 9.53 Å². The molecular weight excluding hydrogens is 396 g/mol. The highest BCUT2D eigenvalue weighted by Crippen LogP contribution is 2.29. The number of benzene rings is 3. The van der Waals surface area contributed by atoms with Crippen LogP contribution < -0.4 is 15.4 Å². The van der Waals surface area contributed by atoms with E-state index in [-0.39, 0.29) is 12.2 Å². The molecule has 1 amide bonds. The minimum absolute atomic E-state index is 0.0736. The number of esters is 1. The number of nitrogens with one attached hydrogen (secondary N) is 2. The Balaban J connectivity index is 1.60. The predicted octanol–water partition coefficient (Wildman–Crippen LogP) is 3.99. The first-order chi connectivity index (χ1) is 15.1. The van der Waals surface area contributed by atoms with Gasteiger partial charge in [0.1, 0.15) is 5.75 Å². The number of amides is 1. The number of hydrogen-bond donors (Lipinski definition) is 3. The standard InChI is InChI=1S/C24H24N2O5/c1-17-10-12-18(13-11-17)31-22-9-5-4-8-21(22)26-23(28)16-30-24(29)19-6-2-3-7-20(19)25-14-15-27/h2-13,25,27H,14-16H2,1H3,(H,26,28). The number of hydrogen-bond acceptors (Lipinski definition) is 6. The summed E-state index contributed by atoms with van der Waals surface area (Å²) in [4.78, 5) is 24.8. The summed E-state index contributed by atoms with van der Waals surface area (Å²) in [7, 11) is 0. The molecule has 0 saturated heterocycles. The molecule has 160 valence electrons. The van der Waals surface area contributed by atoms with Crippen molar-refractivity contribution in [3.8, 4) is 11.5 Å². The molecular formula is C24H24N2O5. The van der Waals surface area contributed by atoms with Crippen molar-refractivity contribution in [1.29, 1.82) is 0 Å². The zero-order valence-corrected chi connectivity index (χ0v) is 17.1. The van der Waals surface area contributed by atoms with E-state index in [0.29, 0.717) is 29.4 Å². The molecule has 0 heterocycles. The fourth-order valence-electron chi connectivity index (χ4n) is 2.79. The first-order valence-electron chi connectivity index (χ1n) is 9.81. The molecule has 0 bridgehead atoms. The molecule has 3 N–H and O–H groups in total. The van der Waals surface area contributed by atoms with Crippen LogP contribution in [0.5, 0.6) is 11.5 Å². The molecule has 3 rings (SSSR count). The Hall–Kier alpha value is -3.84. The van der Waals surface area contributed by atoms with Gasteiger partial charge in [-0.3, -0.25) is 4.79 Å². The third-order valence-electron chi connectivity index (χ3n) is 4.32. The average molecular weight is 420 g/mol. The van der Waals surface area contributed by atoms with Crippen molar-refractivity contribution in [2.75, 3.05) is 30.4 Å². The molecule has 0 aliphatic heterocycles. The highest BCUT2D eigenvalue weighted by molar-refractivity contribution is 5.99. The van der Waals surface area contributed by atoms with Crippen molar-refractivity contribution in [2.45, 2.75) is 6.92 Å². The quantitative estimate of drug-likeness (QED) is 0.453. The third kappa shape index (κ3) is 6.32. The summed E-state index contributed by atoms with van der Waals surface area (Å²) < 4.78 is 11.0. The van der Waals surface area contributed by atoms with Gasteiger partial charge in [0.05, 0.1) is 17.9 Å². The van der Waals surface area contributed by atoms with Crippen LogP contribution in [0.3, 0.4) is 0 Å². The molecule has 0 fully saturated rings. The number of rotatable bonds is 9. The summed E-state index contributed by atoms with van der Waals surface area (Å²) in [5, 5.41) is 14.6. The Bertz CT molecular complexity index is 1030. The number of aliphatic hydroxyl groups is 1. The molecule has 0 unspecified atom stereocenters. The van der Waals surface area contributed by atoms with Gasteiger partial charge >= 0.3 is 5.97 Å². The third-order valence-corrected chi connectivity index (χ3v) is 4.32. The number of anilines is 2. The van der Waals surface area contributed by atoms with Gasteiger partial charge in [-0.05, 0) is 43.3 Å². The van der Waals surface area contributed by atoms with E-state index >= 15 is 0 Å². The van der Waals surface area contributed by atoms with Crippen LogP contribution in [0.4, 0.5) is 11.4 Å². The van der Waals surface area contributed by atoms with E-state index in [0.717, 1.165) is 5.56 Å². The molecule has 0 aliphatic rings. The van der Waals surface area contributed by atoms with E-state index < -0.39 is 18.5 Å². The lowest BCUT2D eigenvalue weighted by molar-refractivity contribution is -0.119. The first kappa shape index (κ1) is 21.9. The van der Waals surface area contributed by atoms with Crippen LogP contribution >= 0.6 is 0 Å². The molecule has 0 saturated carbocycles. The summed E-state index contributed by atoms with van der Waals surface area (Å²) in [6.45, 7) is 1.75. The van der Waals surface area contributed by atoms with Gasteiger partial charge in [0, 0.05) is 12.2 Å². The lowest BCUT2D eigenvalue weighted by Gasteiger charge is -2.13. The molecule has 0 radical (unpaired) electrons. The summed E-state index contributed by atoms with van der Waals surface area (Å²) in [6, 6.07) is 21.3. The number of aliphatic hydroxyl groups excluding tert-OH is 1. The van der Waals surface area contributed by atoms with E-state index in [9.17, 15) is 9.59 Å². The van der Waals surface area contributed by atoms with Crippen LogP contribution in [0.15, 0.2) is 72.8 Å². The topological polar surface area (TPSA) is 96.9 Å². The Labute approximate surface area is 180 Å². The van der Waals surface area contributed by atoms with Gasteiger partial charge in [0.2, 0.25) is 0 Å². The van der Waals surface area contributed by atoms with Crippen molar-refractivity contribution >= 4 is 23.3 Å². The van der Waals surface area contributed by atoms with Gasteiger partial charge in [-0.15, -0.1) is 0 Å². The minimum Gasteiger partial charge on any atom is -0.455 e. The fraction of sp³-hybridized carbons (Fsp3) is 0.167. The maximum atomic E-state index is 12.4. The summed E-state index contributed by atoms with van der Waals surface area (Å²) >= 11 is 0. The number of carbonyl (C=O) groups is 2. The normalized spacial score (nSPS) is 10.3. The first-order valence-corrected chi connectivity index (χ1v) is 9.81. The van der Waals surface area contributed by atoms with Crippen LogP contribution in [-0.4, -0.2) is 36.7 Å². The maximum Gasteiger partial charge on any atom is 0.340 e. The van der Waals surface area contributed by atoms with Crippen molar-refractivity contribution in [3.05, 3.63) is 83.9 Å². The maximum absolute atomic E-state index is 12.4. The lowest BCUT2D eigenvalue weighted by atomic mass is 10.2. The summed E-state index contributed by atoms with van der Waals surface area (Å²) in [6.07, 6.45) is 0. The molecule has 7 nitrogen and oxygen atoms in total. The highest BCUT2D eigenvalue weighted by atomic mass is 16.5. The van der Waals surface area contributed by atoms with Crippen LogP contribution in [0.2, 0.25) is 0 Å². The monoisotopic (exact) mass is 420 g/mol. The molecule has 3 aromatic carbocycles. The van der Waals surface area contributed by atoms with E-state index in [2.05, 4.69) is 10.6 Å². The van der Waals surface area contributed by atoms with Crippen LogP contribution in [0.1, 0.15) is 15.9 Å². The van der Waals surface area contributed by atoms with Crippen molar-refractivity contribution < 1.29 is 24.2 Å². The van der Waals surface area contributed by atoms with E-state index in [4.69, 9.17) is 14.6 Å². The highest BCUT2D eigenvalue weighted by Gasteiger charge is 2.15. The van der Waals surface area contributed by atoms with Gasteiger partial charge in [-0.1, -0.05) is 42.0 Å². The predicted molar refractivity (Wildman–Crippen MR) is 119 cm³/mol. The van der Waals surface area contributed by atoms with Crippen LogP contribution in [0, 0.1) is 6.92 Å². The summed E-state index contributed by atoms with van der Waals surface area (Å²) in [5.74, 6) is -0.00947. The second-order valence-corrected chi connectivity index (χ2v) is 6.73. The largest absolute Gasteiger partial charge is 0.455 e. The molecule has 7 heteroatoms. The smallest absolute Gasteiger partial charge is 0.340 e. The van der Waals surface area contributed by atoms with Crippen LogP contribution in [0.25, 0.3) is 0 Å².